The Bertz CT molecular complexity index is 1230. The number of carbonyl (C=O) groups is 2. The van der Waals surface area contributed by atoms with Gasteiger partial charge in [-0.05, 0) is 36.1 Å². The minimum atomic E-state index is -3.07. The lowest BCUT2D eigenvalue weighted by molar-refractivity contribution is -0.138. The minimum Gasteiger partial charge on any atom is -0.481 e. The van der Waals surface area contributed by atoms with Crippen molar-refractivity contribution in [2.24, 2.45) is 0 Å². The fourth-order valence-electron chi connectivity index (χ4n) is 2.88. The van der Waals surface area contributed by atoms with Gasteiger partial charge >= 0.3 is 5.97 Å². The van der Waals surface area contributed by atoms with E-state index >= 15 is 0 Å². The highest BCUT2D eigenvalue weighted by molar-refractivity contribution is 8.09. The molecule has 0 amide bonds. The zero-order chi connectivity index (χ0) is 23.3. The van der Waals surface area contributed by atoms with Gasteiger partial charge < -0.3 is 19.9 Å². The second kappa shape index (κ2) is 10.7. The SMILES string of the molecule is O=C(O)CC(C(=O)S)c1nc2ccccc2[nH]1.OP(O)(=S)CCc1nc2ccccc2s1. The molecule has 4 N–H and O–H groups in total. The molecular weight excluding hydrogens is 489 g/mol. The van der Waals surface area contributed by atoms with Crippen LogP contribution in [0.2, 0.25) is 0 Å². The first kappa shape index (κ1) is 24.5. The van der Waals surface area contributed by atoms with Crippen LogP contribution in [-0.2, 0) is 27.8 Å². The molecular formula is C20H20N3O5PS3. The summed E-state index contributed by atoms with van der Waals surface area (Å²) in [6.45, 7) is -3.07. The summed E-state index contributed by atoms with van der Waals surface area (Å²) < 4.78 is 1.12. The molecule has 0 aliphatic carbocycles. The van der Waals surface area contributed by atoms with Crippen LogP contribution in [0.3, 0.4) is 0 Å². The largest absolute Gasteiger partial charge is 0.481 e. The Kier molecular flexibility index (Phi) is 8.16. The molecule has 2 heterocycles. The van der Waals surface area contributed by atoms with Crippen molar-refractivity contribution in [1.82, 2.24) is 15.0 Å². The summed E-state index contributed by atoms with van der Waals surface area (Å²) in [4.78, 5) is 51.7. The van der Waals surface area contributed by atoms with Gasteiger partial charge in [-0.25, -0.2) is 9.97 Å². The highest BCUT2D eigenvalue weighted by atomic mass is 32.5. The molecule has 0 bridgehead atoms. The predicted molar refractivity (Wildman–Crippen MR) is 132 cm³/mol. The van der Waals surface area contributed by atoms with E-state index in [0.29, 0.717) is 17.8 Å². The van der Waals surface area contributed by atoms with E-state index in [2.05, 4.69) is 39.4 Å². The lowest BCUT2D eigenvalue weighted by Gasteiger charge is -2.06. The van der Waals surface area contributed by atoms with Crippen molar-refractivity contribution in [3.8, 4) is 0 Å². The van der Waals surface area contributed by atoms with Gasteiger partial charge in [0.05, 0.1) is 38.6 Å². The van der Waals surface area contributed by atoms with Crippen molar-refractivity contribution in [2.45, 2.75) is 18.8 Å². The van der Waals surface area contributed by atoms with Crippen molar-refractivity contribution in [1.29, 1.82) is 0 Å². The summed E-state index contributed by atoms with van der Waals surface area (Å²) >= 11 is 9.84. The van der Waals surface area contributed by atoms with Crippen LogP contribution in [0.5, 0.6) is 0 Å². The maximum Gasteiger partial charge on any atom is 0.304 e. The third kappa shape index (κ3) is 6.93. The molecule has 12 heteroatoms. The van der Waals surface area contributed by atoms with Crippen molar-refractivity contribution < 1.29 is 24.5 Å². The number of carbonyl (C=O) groups excluding carboxylic acids is 1. The van der Waals surface area contributed by atoms with Crippen molar-refractivity contribution in [2.75, 3.05) is 6.16 Å². The number of nitrogens with zero attached hydrogens (tertiary/aromatic N) is 2. The number of aromatic nitrogens is 3. The van der Waals surface area contributed by atoms with Gasteiger partial charge in [0.15, 0.2) is 11.6 Å². The van der Waals surface area contributed by atoms with E-state index in [1.807, 2.05) is 42.5 Å². The van der Waals surface area contributed by atoms with Crippen molar-refractivity contribution in [3.63, 3.8) is 0 Å². The summed E-state index contributed by atoms with van der Waals surface area (Å²) in [5.74, 6) is -1.56. The molecule has 0 radical (unpaired) electrons. The Morgan fingerprint density at radius 1 is 1.09 bits per heavy atom. The molecule has 0 aliphatic rings. The van der Waals surface area contributed by atoms with Crippen LogP contribution in [0.4, 0.5) is 0 Å². The molecule has 0 spiro atoms. The molecule has 0 saturated carbocycles. The molecule has 1 unspecified atom stereocenters. The van der Waals surface area contributed by atoms with E-state index in [9.17, 15) is 9.59 Å². The fraction of sp³-hybridized carbons (Fsp3) is 0.200. The number of rotatable bonds is 7. The number of aliphatic carboxylic acids is 1. The number of thiazole rings is 1. The number of para-hydroxylation sites is 3. The molecule has 0 aliphatic heterocycles. The normalized spacial score (nSPS) is 12.3. The number of nitrogens with one attached hydrogen (secondary N) is 1. The average Bonchev–Trinajstić information content (AvgIpc) is 3.33. The van der Waals surface area contributed by atoms with E-state index in [1.165, 1.54) is 0 Å². The van der Waals surface area contributed by atoms with E-state index in [0.717, 1.165) is 20.7 Å². The van der Waals surface area contributed by atoms with Crippen LogP contribution in [0.15, 0.2) is 48.5 Å². The number of fused-ring (bicyclic) bond motifs is 2. The number of aromatic amines is 1. The Labute approximate surface area is 197 Å². The second-order valence-corrected chi connectivity index (χ2v) is 11.9. The minimum absolute atomic E-state index is 0.238. The number of thiol groups is 1. The zero-order valence-corrected chi connectivity index (χ0v) is 20.0. The van der Waals surface area contributed by atoms with Crippen LogP contribution in [-0.4, -0.2) is 47.1 Å². The standard InChI is InChI=1S/C11H10N2O3S.C9H10NO2PS2/c14-9(15)5-6(11(16)17)10-12-7-3-1-2-4-8(7)13-10;11-13(12,14)6-5-9-10-7-3-1-2-4-8(7)15-9/h1-4,6H,5H2,(H,12,13)(H,14,15)(H,16,17);1-4H,5-6H2,(H2,11,12,14). The number of aryl methyl sites for hydroxylation is 1. The summed E-state index contributed by atoms with van der Waals surface area (Å²) in [6.07, 6.45) is 0.466. The first-order valence-corrected chi connectivity index (χ1v) is 13.6. The summed E-state index contributed by atoms with van der Waals surface area (Å²) in [6, 6.07) is 15.1. The van der Waals surface area contributed by atoms with E-state index < -0.39 is 23.5 Å². The maximum atomic E-state index is 11.3. The van der Waals surface area contributed by atoms with Crippen LogP contribution in [0.1, 0.15) is 23.2 Å². The van der Waals surface area contributed by atoms with Gasteiger partial charge in [0.1, 0.15) is 5.82 Å². The van der Waals surface area contributed by atoms with Gasteiger partial charge in [0.2, 0.25) is 0 Å². The van der Waals surface area contributed by atoms with Crippen LogP contribution < -0.4 is 0 Å². The van der Waals surface area contributed by atoms with Gasteiger partial charge in [0, 0.05) is 12.6 Å². The highest BCUT2D eigenvalue weighted by Gasteiger charge is 2.24. The fourth-order valence-corrected chi connectivity index (χ4v) is 4.99. The van der Waals surface area contributed by atoms with E-state index in [-0.39, 0.29) is 12.6 Å². The molecule has 1 atom stereocenters. The molecule has 8 nitrogen and oxygen atoms in total. The molecule has 168 valence electrons. The lowest BCUT2D eigenvalue weighted by Crippen LogP contribution is -2.13. The molecule has 2 aromatic carbocycles. The maximum absolute atomic E-state index is 11.3. The average molecular weight is 510 g/mol. The number of hydrogen-bond donors (Lipinski definition) is 5. The molecule has 4 rings (SSSR count). The monoisotopic (exact) mass is 509 g/mol. The molecule has 0 fully saturated rings. The molecule has 4 aromatic rings. The highest BCUT2D eigenvalue weighted by Crippen LogP contribution is 2.36. The first-order chi connectivity index (χ1) is 15.1. The smallest absolute Gasteiger partial charge is 0.304 e. The lowest BCUT2D eigenvalue weighted by atomic mass is 10.1. The molecule has 0 saturated heterocycles. The Hall–Kier alpha value is -2.14. The van der Waals surface area contributed by atoms with Crippen molar-refractivity contribution in [3.05, 3.63) is 59.4 Å². The predicted octanol–water partition coefficient (Wildman–Crippen LogP) is 3.71. The summed E-state index contributed by atoms with van der Waals surface area (Å²) in [5.41, 5.74) is 2.43. The number of carboxylic acids is 1. The van der Waals surface area contributed by atoms with E-state index in [1.54, 1.807) is 17.4 Å². The zero-order valence-electron chi connectivity index (χ0n) is 16.6. The van der Waals surface area contributed by atoms with Gasteiger partial charge in [-0.2, -0.15) is 0 Å². The Morgan fingerprint density at radius 3 is 2.34 bits per heavy atom. The quantitative estimate of drug-likeness (QED) is 0.188. The molecule has 32 heavy (non-hydrogen) atoms. The second-order valence-electron chi connectivity index (χ2n) is 6.84. The van der Waals surface area contributed by atoms with Crippen LogP contribution in [0, 0.1) is 0 Å². The topological polar surface area (TPSA) is 136 Å². The van der Waals surface area contributed by atoms with Crippen LogP contribution in [0.25, 0.3) is 21.3 Å². The first-order valence-electron chi connectivity index (χ1n) is 9.40. The van der Waals surface area contributed by atoms with Crippen molar-refractivity contribution >= 4 is 74.6 Å². The Balaban J connectivity index is 0.000000182. The summed E-state index contributed by atoms with van der Waals surface area (Å²) in [5, 5.41) is 9.14. The van der Waals surface area contributed by atoms with Crippen LogP contribution >= 0.6 is 30.5 Å². The number of benzene rings is 2. The van der Waals surface area contributed by atoms with Gasteiger partial charge in [0.25, 0.3) is 0 Å². The third-order valence-electron chi connectivity index (χ3n) is 4.37. The number of carboxylic acid groups (broad SMARTS) is 1. The van der Waals surface area contributed by atoms with Gasteiger partial charge in [-0.15, -0.1) is 24.0 Å². The van der Waals surface area contributed by atoms with Gasteiger partial charge in [-0.1, -0.05) is 24.3 Å². The number of hydrogen-bond acceptors (Lipinski definition) is 6. The molecule has 2 aromatic heterocycles. The summed E-state index contributed by atoms with van der Waals surface area (Å²) in [7, 11) is 0. The number of imidazole rings is 1. The third-order valence-corrected chi connectivity index (χ3v) is 7.13. The van der Waals surface area contributed by atoms with Gasteiger partial charge in [-0.3, -0.25) is 9.59 Å². The Morgan fingerprint density at radius 2 is 1.75 bits per heavy atom. The number of H-pyrrole nitrogens is 1. The van der Waals surface area contributed by atoms with E-state index in [4.69, 9.17) is 14.9 Å².